The Balaban J connectivity index is 1.10. The third-order valence-corrected chi connectivity index (χ3v) is 12.7. The summed E-state index contributed by atoms with van der Waals surface area (Å²) >= 11 is 0. The molecule has 3 aliphatic rings. The Morgan fingerprint density at radius 1 is 0.544 bits per heavy atom. The largest absolute Gasteiger partial charge is 0.360 e. The molecule has 57 heavy (non-hydrogen) atoms. The van der Waals surface area contributed by atoms with E-state index < -0.39 is 0 Å². The first-order chi connectivity index (χ1) is 28.1. The number of hydrogen-bond donors (Lipinski definition) is 1. The van der Waals surface area contributed by atoms with E-state index in [4.69, 9.17) is 0 Å². The second-order valence-corrected chi connectivity index (χ2v) is 16.3. The Morgan fingerprint density at radius 3 is 1.93 bits per heavy atom. The molecule has 1 aliphatic heterocycles. The zero-order valence-electron chi connectivity index (χ0n) is 32.4. The van der Waals surface area contributed by atoms with Crippen molar-refractivity contribution in [2.24, 2.45) is 11.8 Å². The molecule has 0 spiro atoms. The Hall–Kier alpha value is -6.64. The molecule has 0 amide bonds. The van der Waals surface area contributed by atoms with Gasteiger partial charge in [0.25, 0.3) is 0 Å². The number of anilines is 3. The SMILES string of the molecule is CC1C=Cc2c(c(-c3ccc4ccccc4c3)c3ccc(C4=CC=C(C5Nc6ccccc6N5c5ccccc5)C(C)C4)cc3c2-c2ccc3ccccc3c2)C1. The fourth-order valence-electron chi connectivity index (χ4n) is 9.86. The third-order valence-electron chi connectivity index (χ3n) is 12.7. The Kier molecular flexibility index (Phi) is 8.00. The molecule has 0 saturated carbocycles. The van der Waals surface area contributed by atoms with Crippen molar-refractivity contribution in [1.82, 2.24) is 0 Å². The number of allylic oxidation sites excluding steroid dienone is 4. The van der Waals surface area contributed by atoms with Crippen molar-refractivity contribution in [2.75, 3.05) is 10.2 Å². The molecule has 0 aromatic heterocycles. The highest BCUT2D eigenvalue weighted by Crippen LogP contribution is 2.49. The number of para-hydroxylation sites is 3. The summed E-state index contributed by atoms with van der Waals surface area (Å²) in [5.41, 5.74) is 15.8. The van der Waals surface area contributed by atoms with Gasteiger partial charge in [-0.2, -0.15) is 0 Å². The molecule has 2 heteroatoms. The summed E-state index contributed by atoms with van der Waals surface area (Å²) in [7, 11) is 0. The minimum Gasteiger partial charge on any atom is -0.360 e. The first-order valence-corrected chi connectivity index (χ1v) is 20.5. The van der Waals surface area contributed by atoms with Gasteiger partial charge in [0.2, 0.25) is 0 Å². The topological polar surface area (TPSA) is 15.3 Å². The highest BCUT2D eigenvalue weighted by molar-refractivity contribution is 6.12. The monoisotopic (exact) mass is 732 g/mol. The maximum atomic E-state index is 3.89. The van der Waals surface area contributed by atoms with Crippen molar-refractivity contribution in [3.05, 3.63) is 198 Å². The molecule has 8 aromatic carbocycles. The summed E-state index contributed by atoms with van der Waals surface area (Å²) in [5.74, 6) is 0.813. The highest BCUT2D eigenvalue weighted by Gasteiger charge is 2.35. The number of fused-ring (bicyclic) bond motifs is 5. The summed E-state index contributed by atoms with van der Waals surface area (Å²) in [4.78, 5) is 2.47. The van der Waals surface area contributed by atoms with Gasteiger partial charge in [-0.15, -0.1) is 0 Å². The van der Waals surface area contributed by atoms with Gasteiger partial charge in [-0.25, -0.2) is 0 Å². The van der Waals surface area contributed by atoms with Gasteiger partial charge in [-0.1, -0.05) is 153 Å². The van der Waals surface area contributed by atoms with E-state index in [1.807, 2.05) is 0 Å². The average molecular weight is 733 g/mol. The maximum absolute atomic E-state index is 3.89. The molecule has 0 bridgehead atoms. The predicted molar refractivity (Wildman–Crippen MR) is 244 cm³/mol. The van der Waals surface area contributed by atoms with E-state index in [1.54, 1.807) is 0 Å². The van der Waals surface area contributed by atoms with E-state index in [0.717, 1.165) is 12.8 Å². The first kappa shape index (κ1) is 33.7. The van der Waals surface area contributed by atoms with E-state index in [-0.39, 0.29) is 6.17 Å². The smallest absolute Gasteiger partial charge is 0.127 e. The summed E-state index contributed by atoms with van der Waals surface area (Å²) in [5, 5.41) is 11.6. The Morgan fingerprint density at radius 2 is 1.19 bits per heavy atom. The lowest BCUT2D eigenvalue weighted by atomic mass is 9.77. The Labute approximate surface area is 335 Å². The van der Waals surface area contributed by atoms with Crippen molar-refractivity contribution in [1.29, 1.82) is 0 Å². The predicted octanol–water partition coefficient (Wildman–Crippen LogP) is 14.6. The zero-order chi connectivity index (χ0) is 38.0. The number of benzene rings is 8. The van der Waals surface area contributed by atoms with Gasteiger partial charge >= 0.3 is 0 Å². The maximum Gasteiger partial charge on any atom is 0.127 e. The third kappa shape index (κ3) is 5.70. The van der Waals surface area contributed by atoms with Crippen LogP contribution < -0.4 is 10.2 Å². The van der Waals surface area contributed by atoms with Gasteiger partial charge in [-0.3, -0.25) is 0 Å². The summed E-state index contributed by atoms with van der Waals surface area (Å²) in [6, 6.07) is 58.4. The van der Waals surface area contributed by atoms with Crippen molar-refractivity contribution in [2.45, 2.75) is 32.9 Å². The molecule has 3 unspecified atom stereocenters. The van der Waals surface area contributed by atoms with Crippen LogP contribution in [0.5, 0.6) is 0 Å². The fourth-order valence-corrected chi connectivity index (χ4v) is 9.86. The molecule has 11 rings (SSSR count). The molecule has 1 heterocycles. The molecular weight excluding hydrogens is 689 g/mol. The van der Waals surface area contributed by atoms with Crippen molar-refractivity contribution < 1.29 is 0 Å². The molecule has 2 nitrogen and oxygen atoms in total. The summed E-state index contributed by atoms with van der Waals surface area (Å²) in [6.45, 7) is 4.75. The van der Waals surface area contributed by atoms with E-state index in [2.05, 4.69) is 206 Å². The van der Waals surface area contributed by atoms with Gasteiger partial charge in [0, 0.05) is 5.69 Å². The standard InChI is InChI=1S/C55H44N2/c1-35-20-27-47-49(30-35)53(43-23-21-37-12-6-8-14-39(37)32-43)48-29-26-42(34-50(48)54(47)44-24-22-38-13-7-9-15-40(38)33-44)41-25-28-46(36(2)31-41)55-56-51-18-10-11-19-52(51)57(55)45-16-4-3-5-17-45/h3-29,32-36,55-56H,30-31H2,1-2H3. The highest BCUT2D eigenvalue weighted by atomic mass is 15.3. The lowest BCUT2D eigenvalue weighted by molar-refractivity contribution is 0.635. The molecule has 274 valence electrons. The van der Waals surface area contributed by atoms with Crippen molar-refractivity contribution in [3.8, 4) is 22.3 Å². The van der Waals surface area contributed by atoms with Crippen LogP contribution in [-0.2, 0) is 6.42 Å². The van der Waals surface area contributed by atoms with Gasteiger partial charge < -0.3 is 10.2 Å². The molecule has 3 atom stereocenters. The van der Waals surface area contributed by atoms with Gasteiger partial charge in [0.15, 0.2) is 0 Å². The normalized spacial score (nSPS) is 18.6. The second-order valence-electron chi connectivity index (χ2n) is 16.3. The number of rotatable bonds is 5. The molecular formula is C55H44N2. The van der Waals surface area contributed by atoms with Crippen molar-refractivity contribution in [3.63, 3.8) is 0 Å². The number of nitrogens with one attached hydrogen (secondary N) is 1. The quantitative estimate of drug-likeness (QED) is 0.190. The fraction of sp³-hybridized carbons (Fsp3) is 0.127. The number of hydrogen-bond acceptors (Lipinski definition) is 2. The van der Waals surface area contributed by atoms with E-state index >= 15 is 0 Å². The van der Waals surface area contributed by atoms with Gasteiger partial charge in [-0.05, 0) is 150 Å². The van der Waals surface area contributed by atoms with E-state index in [0.29, 0.717) is 11.8 Å². The number of nitrogens with zero attached hydrogens (tertiary/aromatic N) is 1. The molecule has 8 aromatic rings. The second kappa shape index (κ2) is 13.5. The van der Waals surface area contributed by atoms with E-state index in [1.165, 1.54) is 99.5 Å². The lowest BCUT2D eigenvalue weighted by Crippen LogP contribution is -2.36. The van der Waals surface area contributed by atoms with Gasteiger partial charge in [0.05, 0.1) is 11.4 Å². The van der Waals surface area contributed by atoms with Crippen LogP contribution in [0.2, 0.25) is 0 Å². The van der Waals surface area contributed by atoms with Crippen LogP contribution in [0, 0.1) is 11.8 Å². The van der Waals surface area contributed by atoms with Crippen LogP contribution in [0.15, 0.2) is 182 Å². The molecule has 0 radical (unpaired) electrons. The first-order valence-electron chi connectivity index (χ1n) is 20.5. The van der Waals surface area contributed by atoms with Crippen LogP contribution in [0.25, 0.3) is 66.2 Å². The zero-order valence-corrected chi connectivity index (χ0v) is 32.4. The average Bonchev–Trinajstić information content (AvgIpc) is 3.64. The lowest BCUT2D eigenvalue weighted by Gasteiger charge is -2.33. The summed E-state index contributed by atoms with van der Waals surface area (Å²) in [6.07, 6.45) is 11.7. The molecule has 0 saturated heterocycles. The van der Waals surface area contributed by atoms with E-state index in [9.17, 15) is 0 Å². The minimum absolute atomic E-state index is 0.0546. The van der Waals surface area contributed by atoms with Crippen LogP contribution >= 0.6 is 0 Å². The molecule has 0 fully saturated rings. The summed E-state index contributed by atoms with van der Waals surface area (Å²) < 4.78 is 0. The molecule has 2 aliphatic carbocycles. The van der Waals surface area contributed by atoms with Crippen LogP contribution in [0.4, 0.5) is 17.1 Å². The van der Waals surface area contributed by atoms with Crippen molar-refractivity contribution >= 4 is 61.0 Å². The van der Waals surface area contributed by atoms with Crippen LogP contribution in [0.3, 0.4) is 0 Å². The minimum atomic E-state index is 0.0546. The Bertz CT molecular complexity index is 2980. The molecule has 1 N–H and O–H groups in total. The van der Waals surface area contributed by atoms with Crippen LogP contribution in [0.1, 0.15) is 37.0 Å². The van der Waals surface area contributed by atoms with Gasteiger partial charge in [0.1, 0.15) is 6.17 Å². The van der Waals surface area contributed by atoms with Crippen LogP contribution in [-0.4, -0.2) is 6.17 Å².